The van der Waals surface area contributed by atoms with Crippen LogP contribution in [0.1, 0.15) is 117 Å². The van der Waals surface area contributed by atoms with E-state index in [0.29, 0.717) is 25.7 Å². The second-order valence-corrected chi connectivity index (χ2v) is 9.11. The second-order valence-electron chi connectivity index (χ2n) is 7.46. The van der Waals surface area contributed by atoms with Crippen molar-refractivity contribution in [3.63, 3.8) is 0 Å². The molecule has 26 heavy (non-hydrogen) atoms. The van der Waals surface area contributed by atoms with Gasteiger partial charge in [-0.3, -0.25) is 0 Å². The van der Waals surface area contributed by atoms with Crippen LogP contribution in [0.2, 0.25) is 0 Å². The van der Waals surface area contributed by atoms with E-state index in [1.54, 1.807) is 0 Å². The standard InChI is InChI=1S/C20H42O4S.K/c1-3-5-6-7-8-9-10-11-12-17-20(25(22,23)24)18-14-13-16-19(21)15-4-2;/h19-21H,3-18H2,1-2H3,(H,22,23,24);/q;+1/p-1. The fraction of sp³-hybridized carbons (Fsp3) is 1.00. The first kappa shape index (κ1) is 29.7. The van der Waals surface area contributed by atoms with Gasteiger partial charge in [-0.1, -0.05) is 90.9 Å². The zero-order chi connectivity index (χ0) is 19.0. The van der Waals surface area contributed by atoms with Gasteiger partial charge < -0.3 is 9.66 Å². The van der Waals surface area contributed by atoms with Crippen molar-refractivity contribution in [1.82, 2.24) is 0 Å². The fourth-order valence-electron chi connectivity index (χ4n) is 3.35. The molecule has 0 aliphatic rings. The average molecular weight is 417 g/mol. The van der Waals surface area contributed by atoms with Crippen molar-refractivity contribution in [3.8, 4) is 0 Å². The molecule has 1 N–H and O–H groups in total. The molecule has 0 saturated carbocycles. The Morgan fingerprint density at radius 1 is 0.692 bits per heavy atom. The van der Waals surface area contributed by atoms with Crippen LogP contribution in [0.4, 0.5) is 0 Å². The summed E-state index contributed by atoms with van der Waals surface area (Å²) in [7, 11) is -4.20. The van der Waals surface area contributed by atoms with E-state index < -0.39 is 15.4 Å². The van der Waals surface area contributed by atoms with Crippen molar-refractivity contribution in [2.24, 2.45) is 0 Å². The summed E-state index contributed by atoms with van der Waals surface area (Å²) in [6.07, 6.45) is 15.3. The first-order valence-electron chi connectivity index (χ1n) is 10.5. The number of aliphatic hydroxyl groups excluding tert-OH is 1. The molecule has 0 radical (unpaired) electrons. The predicted octanol–water partition coefficient (Wildman–Crippen LogP) is 2.55. The molecule has 0 saturated heterocycles. The van der Waals surface area contributed by atoms with Gasteiger partial charge in [-0.25, -0.2) is 8.42 Å². The van der Waals surface area contributed by atoms with Crippen LogP contribution in [-0.4, -0.2) is 29.4 Å². The zero-order valence-corrected chi connectivity index (χ0v) is 21.5. The average Bonchev–Trinajstić information content (AvgIpc) is 2.54. The van der Waals surface area contributed by atoms with E-state index in [9.17, 15) is 18.1 Å². The summed E-state index contributed by atoms with van der Waals surface area (Å²) < 4.78 is 34.3. The Balaban J connectivity index is 0. The van der Waals surface area contributed by atoms with Crippen LogP contribution in [0.5, 0.6) is 0 Å². The van der Waals surface area contributed by atoms with Gasteiger partial charge in [0.05, 0.1) is 16.2 Å². The zero-order valence-electron chi connectivity index (χ0n) is 17.5. The Morgan fingerprint density at radius 2 is 1.12 bits per heavy atom. The van der Waals surface area contributed by atoms with Crippen molar-refractivity contribution < 1.29 is 69.5 Å². The van der Waals surface area contributed by atoms with Crippen LogP contribution in [0, 0.1) is 0 Å². The maximum atomic E-state index is 11.4. The third-order valence-electron chi connectivity index (χ3n) is 4.97. The number of aliphatic hydroxyl groups is 1. The van der Waals surface area contributed by atoms with Crippen molar-refractivity contribution in [2.75, 3.05) is 0 Å². The molecule has 152 valence electrons. The van der Waals surface area contributed by atoms with E-state index in [-0.39, 0.29) is 57.5 Å². The third kappa shape index (κ3) is 18.9. The van der Waals surface area contributed by atoms with E-state index in [2.05, 4.69) is 6.92 Å². The van der Waals surface area contributed by atoms with Gasteiger partial charge in [0.2, 0.25) is 0 Å². The SMILES string of the molecule is CCCCCCCCCCCC(CCCCC(O)CCC)S(=O)(=O)[O-].[K+]. The molecule has 0 aromatic carbocycles. The molecular formula is C20H41KO4S. The molecule has 2 atom stereocenters. The topological polar surface area (TPSA) is 77.4 Å². The summed E-state index contributed by atoms with van der Waals surface area (Å²) in [6.45, 7) is 4.25. The first-order chi connectivity index (χ1) is 11.9. The molecule has 0 aliphatic carbocycles. The summed E-state index contributed by atoms with van der Waals surface area (Å²) >= 11 is 0. The Morgan fingerprint density at radius 3 is 1.58 bits per heavy atom. The molecule has 0 rings (SSSR count). The van der Waals surface area contributed by atoms with Crippen LogP contribution in [0.25, 0.3) is 0 Å². The second kappa shape index (κ2) is 19.8. The van der Waals surface area contributed by atoms with Gasteiger partial charge in [0.15, 0.2) is 0 Å². The van der Waals surface area contributed by atoms with Gasteiger partial charge in [-0.05, 0) is 25.7 Å². The van der Waals surface area contributed by atoms with Crippen LogP contribution < -0.4 is 51.4 Å². The van der Waals surface area contributed by atoms with Gasteiger partial charge in [0.1, 0.15) is 0 Å². The molecule has 0 heterocycles. The van der Waals surface area contributed by atoms with E-state index >= 15 is 0 Å². The van der Waals surface area contributed by atoms with Gasteiger partial charge >= 0.3 is 51.4 Å². The quantitative estimate of drug-likeness (QED) is 0.212. The van der Waals surface area contributed by atoms with Gasteiger partial charge in [0.25, 0.3) is 0 Å². The molecular weight excluding hydrogens is 375 g/mol. The minimum Gasteiger partial charge on any atom is -0.748 e. The Hall–Kier alpha value is 1.51. The van der Waals surface area contributed by atoms with Crippen molar-refractivity contribution in [1.29, 1.82) is 0 Å². The molecule has 6 heteroatoms. The Labute approximate surface area is 205 Å². The Bertz CT molecular complexity index is 387. The van der Waals surface area contributed by atoms with Gasteiger partial charge in [-0.15, -0.1) is 0 Å². The summed E-state index contributed by atoms with van der Waals surface area (Å²) in [5.74, 6) is 0. The summed E-state index contributed by atoms with van der Waals surface area (Å²) in [5, 5.41) is 8.95. The first-order valence-corrected chi connectivity index (χ1v) is 12.0. The minimum absolute atomic E-state index is 0. The van der Waals surface area contributed by atoms with E-state index in [4.69, 9.17) is 0 Å². The number of rotatable bonds is 18. The predicted molar refractivity (Wildman–Crippen MR) is 105 cm³/mol. The number of hydrogen-bond donors (Lipinski definition) is 1. The molecule has 0 aromatic heterocycles. The molecule has 0 aromatic rings. The summed E-state index contributed by atoms with van der Waals surface area (Å²) in [6, 6.07) is 0. The molecule has 0 bridgehead atoms. The monoisotopic (exact) mass is 416 g/mol. The van der Waals surface area contributed by atoms with E-state index in [1.165, 1.54) is 38.5 Å². The molecule has 0 aliphatic heterocycles. The summed E-state index contributed by atoms with van der Waals surface area (Å²) in [4.78, 5) is 0. The molecule has 2 unspecified atom stereocenters. The van der Waals surface area contributed by atoms with Crippen LogP contribution in [0.15, 0.2) is 0 Å². The molecule has 4 nitrogen and oxygen atoms in total. The fourth-order valence-corrected chi connectivity index (χ4v) is 4.26. The third-order valence-corrected chi connectivity index (χ3v) is 6.26. The summed E-state index contributed by atoms with van der Waals surface area (Å²) in [5.41, 5.74) is 0. The molecule has 0 spiro atoms. The smallest absolute Gasteiger partial charge is 0.748 e. The van der Waals surface area contributed by atoms with Crippen LogP contribution in [0.3, 0.4) is 0 Å². The maximum absolute atomic E-state index is 11.4. The van der Waals surface area contributed by atoms with Crippen molar-refractivity contribution in [2.45, 2.75) is 128 Å². The molecule has 0 amide bonds. The number of hydrogen-bond acceptors (Lipinski definition) is 4. The largest absolute Gasteiger partial charge is 1.00 e. The maximum Gasteiger partial charge on any atom is 1.00 e. The van der Waals surface area contributed by atoms with Crippen molar-refractivity contribution >= 4 is 10.1 Å². The number of unbranched alkanes of at least 4 members (excludes halogenated alkanes) is 9. The van der Waals surface area contributed by atoms with Crippen LogP contribution in [-0.2, 0) is 10.1 Å². The minimum atomic E-state index is -4.20. The van der Waals surface area contributed by atoms with Gasteiger partial charge in [0, 0.05) is 5.25 Å². The van der Waals surface area contributed by atoms with E-state index in [1.807, 2.05) is 6.92 Å². The normalized spacial score (nSPS) is 14.0. The van der Waals surface area contributed by atoms with Crippen LogP contribution >= 0.6 is 0 Å². The van der Waals surface area contributed by atoms with Gasteiger partial charge in [-0.2, -0.15) is 0 Å². The van der Waals surface area contributed by atoms with Crippen molar-refractivity contribution in [3.05, 3.63) is 0 Å². The van der Waals surface area contributed by atoms with E-state index in [0.717, 1.165) is 38.5 Å². The Kier molecular flexibility index (Phi) is 22.6. The molecule has 0 fully saturated rings.